The van der Waals surface area contributed by atoms with Crippen LogP contribution in [0.15, 0.2) is 0 Å². The van der Waals surface area contributed by atoms with Crippen molar-refractivity contribution in [2.45, 2.75) is 51.6 Å². The standard InChI is InChI=1S/C10H19N3O2S/c1-9(6-7-11)12-16(14,15)13-8-4-3-5-10(13)2/h9-10,12H,3-6,8H2,1-2H3. The van der Waals surface area contributed by atoms with Gasteiger partial charge in [0.2, 0.25) is 0 Å². The number of hydrogen-bond donors (Lipinski definition) is 1. The molecule has 6 heteroatoms. The molecule has 1 N–H and O–H groups in total. The van der Waals surface area contributed by atoms with Gasteiger partial charge in [-0.1, -0.05) is 6.42 Å². The molecule has 0 amide bonds. The summed E-state index contributed by atoms with van der Waals surface area (Å²) in [5, 5.41) is 8.50. The van der Waals surface area contributed by atoms with E-state index in [0.717, 1.165) is 19.3 Å². The highest BCUT2D eigenvalue weighted by Crippen LogP contribution is 2.19. The third-order valence-electron chi connectivity index (χ3n) is 2.80. The summed E-state index contributed by atoms with van der Waals surface area (Å²) >= 11 is 0. The van der Waals surface area contributed by atoms with Crippen molar-refractivity contribution < 1.29 is 8.42 Å². The molecule has 5 nitrogen and oxygen atoms in total. The molecule has 0 aromatic rings. The molecule has 0 aromatic heterocycles. The van der Waals surface area contributed by atoms with Crippen LogP contribution in [0.25, 0.3) is 0 Å². The van der Waals surface area contributed by atoms with Crippen molar-refractivity contribution in [1.29, 1.82) is 5.26 Å². The zero-order valence-electron chi connectivity index (χ0n) is 9.81. The predicted molar refractivity (Wildman–Crippen MR) is 61.8 cm³/mol. The molecular weight excluding hydrogens is 226 g/mol. The SMILES string of the molecule is CC(CC#N)NS(=O)(=O)N1CCCCC1C. The molecule has 1 aliphatic rings. The van der Waals surface area contributed by atoms with E-state index in [1.807, 2.05) is 13.0 Å². The van der Waals surface area contributed by atoms with Crippen molar-refractivity contribution in [3.8, 4) is 6.07 Å². The highest BCUT2D eigenvalue weighted by molar-refractivity contribution is 7.87. The summed E-state index contributed by atoms with van der Waals surface area (Å²) in [6.45, 7) is 4.21. The van der Waals surface area contributed by atoms with Gasteiger partial charge in [0.05, 0.1) is 12.5 Å². The molecule has 1 fully saturated rings. The van der Waals surface area contributed by atoms with Crippen molar-refractivity contribution in [1.82, 2.24) is 9.03 Å². The molecule has 0 spiro atoms. The third kappa shape index (κ3) is 3.44. The minimum Gasteiger partial charge on any atom is -0.198 e. The maximum Gasteiger partial charge on any atom is 0.279 e. The van der Waals surface area contributed by atoms with Gasteiger partial charge in [0.1, 0.15) is 0 Å². The Morgan fingerprint density at radius 3 is 2.81 bits per heavy atom. The van der Waals surface area contributed by atoms with Crippen LogP contribution in [-0.4, -0.2) is 31.4 Å². The molecule has 1 heterocycles. The van der Waals surface area contributed by atoms with Gasteiger partial charge in [0.25, 0.3) is 10.2 Å². The van der Waals surface area contributed by atoms with E-state index in [1.54, 1.807) is 6.92 Å². The quantitative estimate of drug-likeness (QED) is 0.803. The summed E-state index contributed by atoms with van der Waals surface area (Å²) in [7, 11) is -3.42. The topological polar surface area (TPSA) is 73.2 Å². The third-order valence-corrected chi connectivity index (χ3v) is 4.66. The van der Waals surface area contributed by atoms with E-state index in [1.165, 1.54) is 4.31 Å². The van der Waals surface area contributed by atoms with Crippen LogP contribution in [0.5, 0.6) is 0 Å². The molecule has 0 aliphatic carbocycles. The van der Waals surface area contributed by atoms with Crippen LogP contribution in [0.3, 0.4) is 0 Å². The Balaban J connectivity index is 2.66. The smallest absolute Gasteiger partial charge is 0.198 e. The predicted octanol–water partition coefficient (Wildman–Crippen LogP) is 0.997. The first kappa shape index (κ1) is 13.4. The lowest BCUT2D eigenvalue weighted by atomic mass is 10.1. The summed E-state index contributed by atoms with van der Waals surface area (Å²) in [5.41, 5.74) is 0. The highest BCUT2D eigenvalue weighted by Gasteiger charge is 2.30. The van der Waals surface area contributed by atoms with Gasteiger partial charge in [0.15, 0.2) is 0 Å². The lowest BCUT2D eigenvalue weighted by Crippen LogP contribution is -2.50. The first-order valence-electron chi connectivity index (χ1n) is 5.63. The minimum absolute atomic E-state index is 0.0561. The Labute approximate surface area is 97.6 Å². The van der Waals surface area contributed by atoms with Crippen LogP contribution in [0.1, 0.15) is 39.5 Å². The molecule has 2 atom stereocenters. The molecule has 0 bridgehead atoms. The van der Waals surface area contributed by atoms with E-state index in [0.29, 0.717) is 6.54 Å². The number of rotatable bonds is 4. The number of nitriles is 1. The second-order valence-corrected chi connectivity index (χ2v) is 6.00. The first-order valence-corrected chi connectivity index (χ1v) is 7.07. The lowest BCUT2D eigenvalue weighted by molar-refractivity contribution is 0.264. The fraction of sp³-hybridized carbons (Fsp3) is 0.900. The monoisotopic (exact) mass is 245 g/mol. The Kier molecular flexibility index (Phi) is 4.71. The van der Waals surface area contributed by atoms with Crippen LogP contribution in [0, 0.1) is 11.3 Å². The summed E-state index contributed by atoms with van der Waals surface area (Å²) < 4.78 is 28.0. The average Bonchev–Trinajstić information content (AvgIpc) is 2.17. The van der Waals surface area contributed by atoms with Crippen LogP contribution < -0.4 is 4.72 Å². The maximum absolute atomic E-state index is 12.0. The molecule has 0 radical (unpaired) electrons. The Morgan fingerprint density at radius 2 is 2.25 bits per heavy atom. The van der Waals surface area contributed by atoms with Gasteiger partial charge >= 0.3 is 0 Å². The second kappa shape index (κ2) is 5.62. The Morgan fingerprint density at radius 1 is 1.56 bits per heavy atom. The largest absolute Gasteiger partial charge is 0.279 e. The van der Waals surface area contributed by atoms with Gasteiger partial charge < -0.3 is 0 Å². The molecular formula is C10H19N3O2S. The van der Waals surface area contributed by atoms with Gasteiger partial charge in [-0.2, -0.15) is 22.7 Å². The molecule has 1 rings (SSSR count). The van der Waals surface area contributed by atoms with Crippen LogP contribution in [0.4, 0.5) is 0 Å². The number of nitrogens with zero attached hydrogens (tertiary/aromatic N) is 2. The molecule has 2 unspecified atom stereocenters. The van der Waals surface area contributed by atoms with Gasteiger partial charge in [0, 0.05) is 18.6 Å². The lowest BCUT2D eigenvalue weighted by Gasteiger charge is -2.32. The number of piperidine rings is 1. The van der Waals surface area contributed by atoms with Crippen molar-refractivity contribution >= 4 is 10.2 Å². The van der Waals surface area contributed by atoms with Crippen molar-refractivity contribution in [3.05, 3.63) is 0 Å². The highest BCUT2D eigenvalue weighted by atomic mass is 32.2. The fourth-order valence-corrected chi connectivity index (χ4v) is 3.61. The van der Waals surface area contributed by atoms with Crippen LogP contribution in [-0.2, 0) is 10.2 Å². The average molecular weight is 245 g/mol. The van der Waals surface area contributed by atoms with E-state index in [9.17, 15) is 8.42 Å². The summed E-state index contributed by atoms with van der Waals surface area (Å²) in [6, 6.07) is 1.69. The van der Waals surface area contributed by atoms with Gasteiger partial charge in [-0.25, -0.2) is 0 Å². The molecule has 1 aliphatic heterocycles. The number of nitrogens with one attached hydrogen (secondary N) is 1. The molecule has 92 valence electrons. The Hall–Kier alpha value is -0.640. The van der Waals surface area contributed by atoms with Gasteiger partial charge in [-0.05, 0) is 26.7 Å². The first-order chi connectivity index (χ1) is 7.47. The van der Waals surface area contributed by atoms with Crippen LogP contribution >= 0.6 is 0 Å². The Bertz CT molecular complexity index is 361. The summed E-state index contributed by atoms with van der Waals surface area (Å²) in [5.74, 6) is 0. The van der Waals surface area contributed by atoms with E-state index in [-0.39, 0.29) is 18.5 Å². The molecule has 16 heavy (non-hydrogen) atoms. The second-order valence-electron chi connectivity index (χ2n) is 4.34. The van der Waals surface area contributed by atoms with Gasteiger partial charge in [-0.3, -0.25) is 0 Å². The molecule has 1 saturated heterocycles. The van der Waals surface area contributed by atoms with Crippen molar-refractivity contribution in [2.24, 2.45) is 0 Å². The zero-order chi connectivity index (χ0) is 12.2. The molecule has 0 saturated carbocycles. The minimum atomic E-state index is -3.42. The summed E-state index contributed by atoms with van der Waals surface area (Å²) in [6.07, 6.45) is 3.10. The van der Waals surface area contributed by atoms with E-state index in [4.69, 9.17) is 5.26 Å². The fourth-order valence-electron chi connectivity index (χ4n) is 1.93. The number of hydrogen-bond acceptors (Lipinski definition) is 3. The maximum atomic E-state index is 12.0. The van der Waals surface area contributed by atoms with Crippen molar-refractivity contribution in [3.63, 3.8) is 0 Å². The van der Waals surface area contributed by atoms with Gasteiger partial charge in [-0.15, -0.1) is 0 Å². The van der Waals surface area contributed by atoms with E-state index < -0.39 is 10.2 Å². The molecule has 0 aromatic carbocycles. The zero-order valence-corrected chi connectivity index (χ0v) is 10.6. The van der Waals surface area contributed by atoms with E-state index >= 15 is 0 Å². The van der Waals surface area contributed by atoms with Crippen LogP contribution in [0.2, 0.25) is 0 Å². The van der Waals surface area contributed by atoms with E-state index in [2.05, 4.69) is 4.72 Å². The van der Waals surface area contributed by atoms with Crippen molar-refractivity contribution in [2.75, 3.05) is 6.54 Å². The normalized spacial score (nSPS) is 24.9. The summed E-state index contributed by atoms with van der Waals surface area (Å²) in [4.78, 5) is 0.